The zero-order valence-corrected chi connectivity index (χ0v) is 28.1. The van der Waals surface area contributed by atoms with Gasteiger partial charge in [0, 0.05) is 49.9 Å². The van der Waals surface area contributed by atoms with E-state index in [2.05, 4.69) is 185 Å². The van der Waals surface area contributed by atoms with Crippen LogP contribution in [-0.4, -0.2) is 19.1 Å². The SMILES string of the molecule is c1ccc(-c2ccc(-n3c4ccc(-c5ccc6c(c5)c5c7ccccc7ncc5n6-c5ccccc5)cc4c4cnc5ccccc5c43)cc2)cc1. The van der Waals surface area contributed by atoms with Crippen molar-refractivity contribution in [1.29, 1.82) is 0 Å². The summed E-state index contributed by atoms with van der Waals surface area (Å²) in [7, 11) is 0. The predicted octanol–water partition coefficient (Wildman–Crippen LogP) is 12.3. The first-order chi connectivity index (χ1) is 25.8. The molecule has 11 rings (SSSR count). The second kappa shape index (κ2) is 11.2. The van der Waals surface area contributed by atoms with Gasteiger partial charge in [-0.1, -0.05) is 109 Å². The van der Waals surface area contributed by atoms with Gasteiger partial charge in [-0.3, -0.25) is 9.97 Å². The number of benzene rings is 7. The minimum absolute atomic E-state index is 0.988. The number of aromatic nitrogens is 4. The highest BCUT2D eigenvalue weighted by Crippen LogP contribution is 2.41. The summed E-state index contributed by atoms with van der Waals surface area (Å²) in [6.45, 7) is 0. The first-order valence-corrected chi connectivity index (χ1v) is 17.7. The van der Waals surface area contributed by atoms with Crippen LogP contribution in [-0.2, 0) is 0 Å². The van der Waals surface area contributed by atoms with Gasteiger partial charge in [0.2, 0.25) is 0 Å². The fraction of sp³-hybridized carbons (Fsp3) is 0. The van der Waals surface area contributed by atoms with E-state index in [1.807, 2.05) is 6.20 Å². The lowest BCUT2D eigenvalue weighted by Crippen LogP contribution is -1.95. The molecule has 4 heteroatoms. The fourth-order valence-corrected chi connectivity index (χ4v) is 8.19. The van der Waals surface area contributed by atoms with Crippen molar-refractivity contribution in [1.82, 2.24) is 19.1 Å². The van der Waals surface area contributed by atoms with Gasteiger partial charge in [0.25, 0.3) is 0 Å². The first kappa shape index (κ1) is 28.8. The molecule has 4 heterocycles. The zero-order valence-electron chi connectivity index (χ0n) is 28.1. The van der Waals surface area contributed by atoms with Crippen molar-refractivity contribution in [3.63, 3.8) is 0 Å². The van der Waals surface area contributed by atoms with Crippen molar-refractivity contribution in [3.05, 3.63) is 182 Å². The number of rotatable bonds is 4. The molecule has 0 aliphatic rings. The average Bonchev–Trinajstić information content (AvgIpc) is 3.74. The number of fused-ring (bicyclic) bond motifs is 10. The molecule has 0 atom stereocenters. The normalized spacial score (nSPS) is 11.8. The number of hydrogen-bond acceptors (Lipinski definition) is 2. The molecule has 0 aliphatic heterocycles. The maximum atomic E-state index is 4.94. The van der Waals surface area contributed by atoms with Gasteiger partial charge in [0.1, 0.15) is 0 Å². The van der Waals surface area contributed by atoms with E-state index in [1.54, 1.807) is 0 Å². The van der Waals surface area contributed by atoms with Crippen LogP contribution in [0, 0.1) is 0 Å². The molecule has 0 spiro atoms. The minimum Gasteiger partial charge on any atom is -0.309 e. The van der Waals surface area contributed by atoms with Gasteiger partial charge in [-0.25, -0.2) is 0 Å². The smallest absolute Gasteiger partial charge is 0.0730 e. The highest BCUT2D eigenvalue weighted by atomic mass is 15.0. The molecule has 4 nitrogen and oxygen atoms in total. The topological polar surface area (TPSA) is 35.6 Å². The van der Waals surface area contributed by atoms with Crippen molar-refractivity contribution >= 4 is 65.4 Å². The summed E-state index contributed by atoms with van der Waals surface area (Å²) in [4.78, 5) is 9.81. The summed E-state index contributed by atoms with van der Waals surface area (Å²) >= 11 is 0. The van der Waals surface area contributed by atoms with Crippen LogP contribution in [0.15, 0.2) is 182 Å². The van der Waals surface area contributed by atoms with Crippen molar-refractivity contribution in [2.24, 2.45) is 0 Å². The summed E-state index contributed by atoms with van der Waals surface area (Å²) < 4.78 is 4.74. The Labute approximate surface area is 299 Å². The molecule has 0 saturated heterocycles. The van der Waals surface area contributed by atoms with E-state index in [9.17, 15) is 0 Å². The Kier molecular flexibility index (Phi) is 6.22. The monoisotopic (exact) mass is 662 g/mol. The predicted molar refractivity (Wildman–Crippen MR) is 217 cm³/mol. The van der Waals surface area contributed by atoms with Crippen LogP contribution in [0.1, 0.15) is 0 Å². The van der Waals surface area contributed by atoms with Gasteiger partial charge >= 0.3 is 0 Å². The lowest BCUT2D eigenvalue weighted by atomic mass is 10.00. The minimum atomic E-state index is 0.988. The Bertz CT molecular complexity index is 3160. The van der Waals surface area contributed by atoms with Crippen LogP contribution in [0.4, 0.5) is 0 Å². The molecule has 0 N–H and O–H groups in total. The molecule has 0 saturated carbocycles. The number of nitrogens with zero attached hydrogens (tertiary/aromatic N) is 4. The second-order valence-corrected chi connectivity index (χ2v) is 13.5. The maximum Gasteiger partial charge on any atom is 0.0730 e. The van der Waals surface area contributed by atoms with Gasteiger partial charge in [-0.05, 0) is 82.9 Å². The van der Waals surface area contributed by atoms with Crippen molar-refractivity contribution in [3.8, 4) is 33.6 Å². The Balaban J connectivity index is 1.15. The van der Waals surface area contributed by atoms with Gasteiger partial charge < -0.3 is 9.13 Å². The third kappa shape index (κ3) is 4.28. The van der Waals surface area contributed by atoms with E-state index < -0.39 is 0 Å². The third-order valence-electron chi connectivity index (χ3n) is 10.6. The lowest BCUT2D eigenvalue weighted by Gasteiger charge is -2.11. The van der Waals surface area contributed by atoms with Crippen LogP contribution in [0.25, 0.3) is 99.0 Å². The molecule has 242 valence electrons. The molecule has 4 aromatic heterocycles. The molecule has 11 aromatic rings. The van der Waals surface area contributed by atoms with E-state index in [0.29, 0.717) is 0 Å². The molecule has 0 bridgehead atoms. The van der Waals surface area contributed by atoms with E-state index in [0.717, 1.165) is 55.1 Å². The summed E-state index contributed by atoms with van der Waals surface area (Å²) in [5.41, 5.74) is 13.6. The molecule has 7 aromatic carbocycles. The van der Waals surface area contributed by atoms with Gasteiger partial charge in [-0.15, -0.1) is 0 Å². The Morgan fingerprint density at radius 2 is 0.865 bits per heavy atom. The first-order valence-electron chi connectivity index (χ1n) is 17.7. The second-order valence-electron chi connectivity index (χ2n) is 13.5. The highest BCUT2D eigenvalue weighted by molar-refractivity contribution is 6.21. The van der Waals surface area contributed by atoms with Crippen LogP contribution in [0.2, 0.25) is 0 Å². The Hall–Kier alpha value is -7.04. The summed E-state index contributed by atoms with van der Waals surface area (Å²) in [6.07, 6.45) is 4.07. The van der Waals surface area contributed by atoms with Crippen molar-refractivity contribution in [2.45, 2.75) is 0 Å². The van der Waals surface area contributed by atoms with Crippen LogP contribution in [0.3, 0.4) is 0 Å². The Morgan fingerprint density at radius 1 is 0.327 bits per heavy atom. The van der Waals surface area contributed by atoms with Gasteiger partial charge in [-0.2, -0.15) is 0 Å². The van der Waals surface area contributed by atoms with E-state index >= 15 is 0 Å². The molecular weight excluding hydrogens is 633 g/mol. The van der Waals surface area contributed by atoms with E-state index in [4.69, 9.17) is 9.97 Å². The van der Waals surface area contributed by atoms with Crippen LogP contribution in [0.5, 0.6) is 0 Å². The average molecular weight is 663 g/mol. The van der Waals surface area contributed by atoms with Crippen molar-refractivity contribution in [2.75, 3.05) is 0 Å². The fourth-order valence-electron chi connectivity index (χ4n) is 8.19. The third-order valence-corrected chi connectivity index (χ3v) is 10.6. The zero-order chi connectivity index (χ0) is 34.2. The van der Waals surface area contributed by atoms with Gasteiger partial charge in [0.05, 0.1) is 39.3 Å². The molecule has 0 unspecified atom stereocenters. The molecule has 52 heavy (non-hydrogen) atoms. The summed E-state index contributed by atoms with van der Waals surface area (Å²) in [5.74, 6) is 0. The molecule has 0 aliphatic carbocycles. The molecule has 0 amide bonds. The number of para-hydroxylation sites is 3. The Morgan fingerprint density at radius 3 is 1.62 bits per heavy atom. The van der Waals surface area contributed by atoms with Gasteiger partial charge in [0.15, 0.2) is 0 Å². The summed E-state index contributed by atoms with van der Waals surface area (Å²) in [6, 6.07) is 60.7. The maximum absolute atomic E-state index is 4.94. The highest BCUT2D eigenvalue weighted by Gasteiger charge is 2.19. The standard InChI is InChI=1S/C48H30N4/c1-3-11-31(12-4-1)32-19-23-36(24-20-32)52-44-25-21-33(27-39(44)41-29-49-43-18-10-8-16-38(43)48(41)52)34-22-26-45-40(28-34)47-37-15-7-9-17-42(37)50-30-46(47)51(45)35-13-5-2-6-14-35/h1-30H. The quantitative estimate of drug-likeness (QED) is 0.188. The largest absolute Gasteiger partial charge is 0.309 e. The number of pyridine rings is 2. The summed E-state index contributed by atoms with van der Waals surface area (Å²) in [5, 5.41) is 7.05. The lowest BCUT2D eigenvalue weighted by molar-refractivity contribution is 1.17. The van der Waals surface area contributed by atoms with E-state index in [1.165, 1.54) is 43.9 Å². The van der Waals surface area contributed by atoms with Crippen molar-refractivity contribution < 1.29 is 0 Å². The van der Waals surface area contributed by atoms with Crippen LogP contribution >= 0.6 is 0 Å². The number of hydrogen-bond donors (Lipinski definition) is 0. The molecule has 0 fully saturated rings. The molecular formula is C48H30N4. The van der Waals surface area contributed by atoms with Crippen LogP contribution < -0.4 is 0 Å². The molecule has 0 radical (unpaired) electrons. The van der Waals surface area contributed by atoms with E-state index in [-0.39, 0.29) is 0 Å².